The van der Waals surface area contributed by atoms with Gasteiger partial charge in [0.15, 0.2) is 0 Å². The zero-order valence-electron chi connectivity index (χ0n) is 13.9. The number of piperidine rings is 1. The van der Waals surface area contributed by atoms with Crippen molar-refractivity contribution in [2.24, 2.45) is 5.41 Å². The van der Waals surface area contributed by atoms with E-state index < -0.39 is 0 Å². The van der Waals surface area contributed by atoms with Gasteiger partial charge < -0.3 is 9.64 Å². The van der Waals surface area contributed by atoms with E-state index in [1.807, 2.05) is 0 Å². The van der Waals surface area contributed by atoms with Crippen molar-refractivity contribution in [3.8, 4) is 0 Å². The van der Waals surface area contributed by atoms with E-state index >= 15 is 0 Å². The third-order valence-corrected chi connectivity index (χ3v) is 6.81. The zero-order valence-corrected chi connectivity index (χ0v) is 14.7. The van der Waals surface area contributed by atoms with E-state index in [1.54, 1.807) is 18.3 Å². The number of hydrogen-bond donors (Lipinski definition) is 0. The Morgan fingerprint density at radius 2 is 2.30 bits per heavy atom. The molecule has 4 nitrogen and oxygen atoms in total. The van der Waals surface area contributed by atoms with Crippen LogP contribution in [0.15, 0.2) is 16.8 Å². The molecule has 126 valence electrons. The van der Waals surface area contributed by atoms with Crippen LogP contribution in [0.3, 0.4) is 0 Å². The number of amides is 1. The Morgan fingerprint density at radius 3 is 2.91 bits per heavy atom. The molecular formula is C18H26N2O2S. The summed E-state index contributed by atoms with van der Waals surface area (Å²) in [7, 11) is 0. The van der Waals surface area contributed by atoms with Gasteiger partial charge >= 0.3 is 0 Å². The molecule has 1 amide bonds. The van der Waals surface area contributed by atoms with Crippen LogP contribution in [-0.4, -0.2) is 54.1 Å². The summed E-state index contributed by atoms with van der Waals surface area (Å²) in [5.74, 6) is 0.227. The first-order chi connectivity index (χ1) is 11.2. The van der Waals surface area contributed by atoms with Crippen molar-refractivity contribution in [2.75, 3.05) is 26.3 Å². The summed E-state index contributed by atoms with van der Waals surface area (Å²) in [6, 6.07) is 3.24. The molecular weight excluding hydrogens is 308 g/mol. The summed E-state index contributed by atoms with van der Waals surface area (Å²) in [6.07, 6.45) is 4.86. The second-order valence-electron chi connectivity index (χ2n) is 7.41. The lowest BCUT2D eigenvalue weighted by Crippen LogP contribution is -2.44. The van der Waals surface area contributed by atoms with E-state index in [1.165, 1.54) is 44.3 Å². The van der Waals surface area contributed by atoms with Crippen LogP contribution < -0.4 is 0 Å². The Labute approximate surface area is 142 Å². The molecule has 0 radical (unpaired) electrons. The molecule has 1 aromatic heterocycles. The summed E-state index contributed by atoms with van der Waals surface area (Å²) in [6.45, 7) is 6.69. The molecule has 1 aliphatic carbocycles. The minimum atomic E-state index is 0.227. The molecule has 0 N–H and O–H groups in total. The SMILES string of the molecule is CC(=O)N(Cc1ccsc1)[C@H]1CC12CCN([C@@H]1CCOC1)CC2. The van der Waals surface area contributed by atoms with Crippen LogP contribution >= 0.6 is 11.3 Å². The van der Waals surface area contributed by atoms with Gasteiger partial charge in [-0.15, -0.1) is 0 Å². The number of carbonyl (C=O) groups is 1. The van der Waals surface area contributed by atoms with E-state index in [2.05, 4.69) is 26.6 Å². The lowest BCUT2D eigenvalue weighted by molar-refractivity contribution is -0.130. The van der Waals surface area contributed by atoms with Crippen LogP contribution in [0.25, 0.3) is 0 Å². The Morgan fingerprint density at radius 1 is 1.48 bits per heavy atom. The Bertz CT molecular complexity index is 545. The van der Waals surface area contributed by atoms with Gasteiger partial charge in [-0.25, -0.2) is 0 Å². The highest BCUT2D eigenvalue weighted by Crippen LogP contribution is 2.57. The van der Waals surface area contributed by atoms with Crippen molar-refractivity contribution in [1.82, 2.24) is 9.80 Å². The number of rotatable bonds is 4. The minimum Gasteiger partial charge on any atom is -0.380 e. The molecule has 2 aliphatic heterocycles. The van der Waals surface area contributed by atoms with Crippen LogP contribution in [0, 0.1) is 5.41 Å². The van der Waals surface area contributed by atoms with Crippen LogP contribution in [0.5, 0.6) is 0 Å². The van der Waals surface area contributed by atoms with Crippen LogP contribution in [0.1, 0.15) is 38.2 Å². The Balaban J connectivity index is 1.37. The molecule has 2 atom stereocenters. The fraction of sp³-hybridized carbons (Fsp3) is 0.722. The van der Waals surface area contributed by atoms with E-state index in [0.717, 1.165) is 19.8 Å². The Kier molecular flexibility index (Phi) is 4.20. The van der Waals surface area contributed by atoms with Gasteiger partial charge in [0.1, 0.15) is 0 Å². The molecule has 3 fully saturated rings. The fourth-order valence-corrected chi connectivity index (χ4v) is 5.13. The van der Waals surface area contributed by atoms with Gasteiger partial charge in [-0.05, 0) is 66.6 Å². The molecule has 2 saturated heterocycles. The average Bonchev–Trinajstić information content (AvgIpc) is 2.99. The smallest absolute Gasteiger partial charge is 0.220 e. The van der Waals surface area contributed by atoms with Gasteiger partial charge in [0.25, 0.3) is 0 Å². The first kappa shape index (κ1) is 15.6. The molecule has 23 heavy (non-hydrogen) atoms. The van der Waals surface area contributed by atoms with E-state index in [-0.39, 0.29) is 5.91 Å². The highest BCUT2D eigenvalue weighted by molar-refractivity contribution is 7.07. The maximum Gasteiger partial charge on any atom is 0.220 e. The monoisotopic (exact) mass is 334 g/mol. The molecule has 0 unspecified atom stereocenters. The topological polar surface area (TPSA) is 32.8 Å². The molecule has 1 aromatic rings. The third kappa shape index (κ3) is 3.06. The first-order valence-corrected chi connectivity index (χ1v) is 9.72. The fourth-order valence-electron chi connectivity index (χ4n) is 4.47. The standard InChI is InChI=1S/C18H26N2O2S/c1-14(21)20(11-15-3-9-23-13-15)17-10-18(17)4-6-19(7-5-18)16-2-8-22-12-16/h3,9,13,16-17H,2,4-8,10-12H2,1H3/t16-,17+/m1/s1. The van der Waals surface area contributed by atoms with Gasteiger partial charge in [-0.3, -0.25) is 9.69 Å². The van der Waals surface area contributed by atoms with Crippen molar-refractivity contribution >= 4 is 17.2 Å². The summed E-state index contributed by atoms with van der Waals surface area (Å²) in [5.41, 5.74) is 1.67. The molecule has 1 saturated carbocycles. The molecule has 4 rings (SSSR count). The minimum absolute atomic E-state index is 0.227. The number of likely N-dealkylation sites (tertiary alicyclic amines) is 1. The quantitative estimate of drug-likeness (QED) is 0.849. The largest absolute Gasteiger partial charge is 0.380 e. The number of hydrogen-bond acceptors (Lipinski definition) is 4. The van der Waals surface area contributed by atoms with Crippen LogP contribution in [0.4, 0.5) is 0 Å². The normalized spacial score (nSPS) is 29.8. The van der Waals surface area contributed by atoms with Gasteiger partial charge in [0.05, 0.1) is 6.61 Å². The highest BCUT2D eigenvalue weighted by atomic mass is 32.1. The summed E-state index contributed by atoms with van der Waals surface area (Å²) in [5, 5.41) is 4.26. The molecule has 3 aliphatic rings. The van der Waals surface area contributed by atoms with Crippen molar-refractivity contribution < 1.29 is 9.53 Å². The maximum atomic E-state index is 12.2. The van der Waals surface area contributed by atoms with Crippen LogP contribution in [-0.2, 0) is 16.1 Å². The van der Waals surface area contributed by atoms with E-state index in [9.17, 15) is 4.79 Å². The molecule has 3 heterocycles. The predicted molar refractivity (Wildman–Crippen MR) is 91.4 cm³/mol. The lowest BCUT2D eigenvalue weighted by atomic mass is 9.91. The molecule has 5 heteroatoms. The Hall–Kier alpha value is -0.910. The highest BCUT2D eigenvalue weighted by Gasteiger charge is 2.58. The number of nitrogens with zero attached hydrogens (tertiary/aromatic N) is 2. The predicted octanol–water partition coefficient (Wildman–Crippen LogP) is 2.74. The number of carbonyl (C=O) groups excluding carboxylic acids is 1. The number of thiophene rings is 1. The zero-order chi connectivity index (χ0) is 15.9. The van der Waals surface area contributed by atoms with E-state index in [4.69, 9.17) is 4.74 Å². The summed E-state index contributed by atoms with van der Waals surface area (Å²) in [4.78, 5) is 16.9. The van der Waals surface area contributed by atoms with Crippen molar-refractivity contribution in [3.63, 3.8) is 0 Å². The van der Waals surface area contributed by atoms with Gasteiger partial charge in [-0.1, -0.05) is 0 Å². The molecule has 0 bridgehead atoms. The van der Waals surface area contributed by atoms with Crippen molar-refractivity contribution in [3.05, 3.63) is 22.4 Å². The van der Waals surface area contributed by atoms with Crippen molar-refractivity contribution in [2.45, 2.75) is 51.2 Å². The third-order valence-electron chi connectivity index (χ3n) is 6.08. The second-order valence-corrected chi connectivity index (χ2v) is 8.19. The molecule has 0 aromatic carbocycles. The van der Waals surface area contributed by atoms with Crippen molar-refractivity contribution in [1.29, 1.82) is 0 Å². The lowest BCUT2D eigenvalue weighted by Gasteiger charge is -2.37. The summed E-state index contributed by atoms with van der Waals surface area (Å²) >= 11 is 1.71. The van der Waals surface area contributed by atoms with Gasteiger partial charge in [-0.2, -0.15) is 11.3 Å². The average molecular weight is 334 g/mol. The maximum absolute atomic E-state index is 12.2. The first-order valence-electron chi connectivity index (χ1n) is 8.78. The van der Waals surface area contributed by atoms with Gasteiger partial charge in [0, 0.05) is 32.2 Å². The van der Waals surface area contributed by atoms with Crippen LogP contribution in [0.2, 0.25) is 0 Å². The van der Waals surface area contributed by atoms with E-state index in [0.29, 0.717) is 17.5 Å². The second kappa shape index (κ2) is 6.19. The molecule has 1 spiro atoms. The summed E-state index contributed by atoms with van der Waals surface area (Å²) < 4.78 is 5.53. The number of ether oxygens (including phenoxy) is 1. The van der Waals surface area contributed by atoms with Gasteiger partial charge in [0.2, 0.25) is 5.91 Å².